The topological polar surface area (TPSA) is 125 Å². The van der Waals surface area contributed by atoms with Crippen LogP contribution in [0.3, 0.4) is 0 Å². The molecule has 0 N–H and O–H groups in total. The van der Waals surface area contributed by atoms with Crippen molar-refractivity contribution in [2.45, 2.75) is 65.5 Å². The fourth-order valence-electron chi connectivity index (χ4n) is 2.07. The highest BCUT2D eigenvalue weighted by Crippen LogP contribution is 2.18. The van der Waals surface area contributed by atoms with Crippen LogP contribution in [0.25, 0.3) is 0 Å². The van der Waals surface area contributed by atoms with E-state index < -0.39 is 35.9 Å². The van der Waals surface area contributed by atoms with E-state index in [9.17, 15) is 20.1 Å². The Kier molecular flexibility index (Phi) is 12.5. The van der Waals surface area contributed by atoms with Gasteiger partial charge in [-0.3, -0.25) is 0 Å². The standard InChI is InChI=1S/C18H28N4O4/c1-5-9-25-17(23)15(13(7-3)11-19)21-22-16(14(8-4)12-20)18(24)26-10-6-2/h13-16H,5-10H2,1-4H3. The zero-order chi connectivity index (χ0) is 19.9. The SMILES string of the molecule is CCCOC(=O)C(N=NC(C(=O)OCCC)C(C#N)CC)C(C#N)CC. The smallest absolute Gasteiger partial charge is 0.334 e. The number of nitrogens with zero attached hydrogens (tertiary/aromatic N) is 4. The van der Waals surface area contributed by atoms with Gasteiger partial charge in [0, 0.05) is 0 Å². The van der Waals surface area contributed by atoms with Crippen LogP contribution in [0.4, 0.5) is 0 Å². The summed E-state index contributed by atoms with van der Waals surface area (Å²) in [5.41, 5.74) is 0. The van der Waals surface area contributed by atoms with Gasteiger partial charge < -0.3 is 9.47 Å². The average Bonchev–Trinajstić information content (AvgIpc) is 2.66. The van der Waals surface area contributed by atoms with Crippen LogP contribution in [0.1, 0.15) is 53.4 Å². The first kappa shape index (κ1) is 23.5. The molecule has 0 amide bonds. The number of rotatable bonds is 12. The van der Waals surface area contributed by atoms with E-state index in [1.54, 1.807) is 13.8 Å². The van der Waals surface area contributed by atoms with Crippen molar-refractivity contribution < 1.29 is 19.1 Å². The summed E-state index contributed by atoms with van der Waals surface area (Å²) in [6, 6.07) is 1.77. The van der Waals surface area contributed by atoms with Gasteiger partial charge in [-0.1, -0.05) is 27.7 Å². The summed E-state index contributed by atoms with van der Waals surface area (Å²) >= 11 is 0. The summed E-state index contributed by atoms with van der Waals surface area (Å²) in [5.74, 6) is -2.76. The van der Waals surface area contributed by atoms with Crippen LogP contribution in [-0.4, -0.2) is 37.2 Å². The molecule has 0 rings (SSSR count). The Bertz CT molecular complexity index is 502. The summed E-state index contributed by atoms with van der Waals surface area (Å²) in [6.07, 6.45) is 2.03. The highest BCUT2D eigenvalue weighted by molar-refractivity contribution is 5.78. The molecule has 26 heavy (non-hydrogen) atoms. The quantitative estimate of drug-likeness (QED) is 0.387. The van der Waals surface area contributed by atoms with Crippen LogP contribution in [-0.2, 0) is 19.1 Å². The highest BCUT2D eigenvalue weighted by Gasteiger charge is 2.32. The van der Waals surface area contributed by atoms with E-state index in [1.807, 2.05) is 26.0 Å². The van der Waals surface area contributed by atoms with Crippen LogP contribution < -0.4 is 0 Å². The number of carbonyl (C=O) groups is 2. The molecule has 0 aromatic carbocycles. The number of hydrogen-bond donors (Lipinski definition) is 0. The van der Waals surface area contributed by atoms with Crippen LogP contribution >= 0.6 is 0 Å². The van der Waals surface area contributed by atoms with Gasteiger partial charge in [-0.2, -0.15) is 20.8 Å². The molecule has 0 fully saturated rings. The molecule has 0 aromatic heterocycles. The van der Waals surface area contributed by atoms with Crippen molar-refractivity contribution in [1.29, 1.82) is 10.5 Å². The number of esters is 2. The van der Waals surface area contributed by atoms with Crippen molar-refractivity contribution in [1.82, 2.24) is 0 Å². The van der Waals surface area contributed by atoms with E-state index in [0.717, 1.165) is 0 Å². The van der Waals surface area contributed by atoms with Crippen LogP contribution in [0, 0.1) is 34.5 Å². The largest absolute Gasteiger partial charge is 0.464 e. The van der Waals surface area contributed by atoms with Crippen molar-refractivity contribution in [2.75, 3.05) is 13.2 Å². The van der Waals surface area contributed by atoms with Crippen molar-refractivity contribution in [2.24, 2.45) is 22.1 Å². The molecule has 8 heteroatoms. The Balaban J connectivity index is 5.55. The van der Waals surface area contributed by atoms with Crippen LogP contribution in [0.5, 0.6) is 0 Å². The van der Waals surface area contributed by atoms with Crippen LogP contribution in [0.15, 0.2) is 10.2 Å². The first-order valence-corrected chi connectivity index (χ1v) is 9.02. The maximum atomic E-state index is 12.2. The first-order valence-electron chi connectivity index (χ1n) is 9.02. The van der Waals surface area contributed by atoms with E-state index in [4.69, 9.17) is 9.47 Å². The molecule has 0 aliphatic carbocycles. The molecule has 0 spiro atoms. The number of nitriles is 2. The zero-order valence-electron chi connectivity index (χ0n) is 16.0. The minimum Gasteiger partial charge on any atom is -0.464 e. The molecule has 0 aliphatic rings. The Morgan fingerprint density at radius 1 is 0.808 bits per heavy atom. The molecule has 0 aromatic rings. The second-order valence-corrected chi connectivity index (χ2v) is 5.74. The van der Waals surface area contributed by atoms with Crippen molar-refractivity contribution in [3.63, 3.8) is 0 Å². The maximum Gasteiger partial charge on any atom is 0.334 e. The van der Waals surface area contributed by atoms with Crippen molar-refractivity contribution in [3.8, 4) is 12.1 Å². The molecular formula is C18H28N4O4. The summed E-state index contributed by atoms with van der Waals surface area (Å²) in [4.78, 5) is 24.4. The summed E-state index contributed by atoms with van der Waals surface area (Å²) in [6.45, 7) is 7.63. The molecule has 0 bridgehead atoms. The van der Waals surface area contributed by atoms with E-state index in [1.165, 1.54) is 0 Å². The number of azo groups is 1. The third kappa shape index (κ3) is 7.60. The van der Waals surface area contributed by atoms with Gasteiger partial charge in [0.05, 0.1) is 37.2 Å². The van der Waals surface area contributed by atoms with Gasteiger partial charge in [0.2, 0.25) is 0 Å². The third-order valence-corrected chi connectivity index (χ3v) is 3.67. The monoisotopic (exact) mass is 364 g/mol. The minimum absolute atomic E-state index is 0.213. The summed E-state index contributed by atoms with van der Waals surface area (Å²) in [7, 11) is 0. The molecule has 0 saturated heterocycles. The van der Waals surface area contributed by atoms with Gasteiger partial charge in [0.1, 0.15) is 0 Å². The fraction of sp³-hybridized carbons (Fsp3) is 0.778. The van der Waals surface area contributed by atoms with E-state index in [2.05, 4.69) is 10.2 Å². The summed E-state index contributed by atoms with van der Waals surface area (Å²) < 4.78 is 10.2. The van der Waals surface area contributed by atoms with Gasteiger partial charge in [-0.15, -0.1) is 0 Å². The lowest BCUT2D eigenvalue weighted by atomic mass is 9.98. The number of carbonyl (C=O) groups excluding carboxylic acids is 2. The molecule has 4 unspecified atom stereocenters. The minimum atomic E-state index is -1.13. The predicted molar refractivity (Wildman–Crippen MR) is 93.7 cm³/mol. The van der Waals surface area contributed by atoms with E-state index in [0.29, 0.717) is 25.7 Å². The molecule has 8 nitrogen and oxygen atoms in total. The Morgan fingerprint density at radius 2 is 1.15 bits per heavy atom. The van der Waals surface area contributed by atoms with Crippen molar-refractivity contribution >= 4 is 11.9 Å². The second-order valence-electron chi connectivity index (χ2n) is 5.74. The molecule has 0 aliphatic heterocycles. The number of ether oxygens (including phenoxy) is 2. The van der Waals surface area contributed by atoms with E-state index in [-0.39, 0.29) is 13.2 Å². The second kappa shape index (κ2) is 13.8. The lowest BCUT2D eigenvalue weighted by Crippen LogP contribution is -2.32. The molecular weight excluding hydrogens is 336 g/mol. The third-order valence-electron chi connectivity index (χ3n) is 3.67. The molecule has 4 atom stereocenters. The summed E-state index contributed by atoms with van der Waals surface area (Å²) in [5, 5.41) is 26.4. The van der Waals surface area contributed by atoms with Crippen LogP contribution in [0.2, 0.25) is 0 Å². The maximum absolute atomic E-state index is 12.2. The Hall–Kier alpha value is -2.48. The lowest BCUT2D eigenvalue weighted by molar-refractivity contribution is -0.148. The Labute approximate surface area is 155 Å². The normalized spacial score (nSPS) is 15.3. The fourth-order valence-corrected chi connectivity index (χ4v) is 2.07. The number of hydrogen-bond acceptors (Lipinski definition) is 8. The average molecular weight is 364 g/mol. The molecule has 144 valence electrons. The van der Waals surface area contributed by atoms with Gasteiger partial charge in [-0.05, 0) is 25.7 Å². The first-order chi connectivity index (χ1) is 12.5. The molecule has 0 heterocycles. The lowest BCUT2D eigenvalue weighted by Gasteiger charge is -2.18. The van der Waals surface area contributed by atoms with Gasteiger partial charge in [-0.25, -0.2) is 9.59 Å². The molecule has 0 saturated carbocycles. The zero-order valence-corrected chi connectivity index (χ0v) is 16.0. The van der Waals surface area contributed by atoms with Crippen molar-refractivity contribution in [3.05, 3.63) is 0 Å². The predicted octanol–water partition coefficient (Wildman–Crippen LogP) is 3.18. The van der Waals surface area contributed by atoms with Gasteiger partial charge in [0.15, 0.2) is 12.1 Å². The Morgan fingerprint density at radius 3 is 1.38 bits per heavy atom. The molecule has 0 radical (unpaired) electrons. The van der Waals surface area contributed by atoms with Gasteiger partial charge in [0.25, 0.3) is 0 Å². The van der Waals surface area contributed by atoms with E-state index >= 15 is 0 Å². The van der Waals surface area contributed by atoms with Gasteiger partial charge >= 0.3 is 11.9 Å². The highest BCUT2D eigenvalue weighted by atomic mass is 16.5.